The number of carbonyl (C=O) groups excluding carboxylic acids is 1. The first kappa shape index (κ1) is 16.4. The Morgan fingerprint density at radius 2 is 2.00 bits per heavy atom. The van der Waals surface area contributed by atoms with Crippen LogP contribution in [0.25, 0.3) is 6.08 Å². The number of rotatable bonds is 5. The van der Waals surface area contributed by atoms with Gasteiger partial charge < -0.3 is 14.8 Å². The molecule has 0 aromatic heterocycles. The average Bonchev–Trinajstić information content (AvgIpc) is 2.54. The van der Waals surface area contributed by atoms with Gasteiger partial charge in [-0.2, -0.15) is 0 Å². The Morgan fingerprint density at radius 3 is 2.68 bits per heavy atom. The predicted octanol–water partition coefficient (Wildman–Crippen LogP) is 3.41. The number of benzene rings is 1. The van der Waals surface area contributed by atoms with Crippen LogP contribution in [0.5, 0.6) is 11.5 Å². The van der Waals surface area contributed by atoms with Gasteiger partial charge in [0.25, 0.3) is 0 Å². The summed E-state index contributed by atoms with van der Waals surface area (Å²) in [4.78, 5) is 12.1. The Morgan fingerprint density at radius 1 is 1.23 bits per heavy atom. The number of nitrogens with one attached hydrogen (secondary N) is 1. The number of ether oxygens (including phenoxy) is 2. The van der Waals surface area contributed by atoms with E-state index in [9.17, 15) is 4.79 Å². The van der Waals surface area contributed by atoms with E-state index in [1.165, 1.54) is 19.3 Å². The summed E-state index contributed by atoms with van der Waals surface area (Å²) in [7, 11) is 3.20. The first-order valence-electron chi connectivity index (χ1n) is 7.85. The Balaban J connectivity index is 2.03. The molecule has 0 heterocycles. The molecule has 0 aliphatic heterocycles. The maximum absolute atomic E-state index is 12.1. The SMILES string of the molecule is COc1cccc(/C=C/C(=O)N[C@@H]2CCCC[C@H]2C)c1OC. The molecule has 4 heteroatoms. The van der Waals surface area contributed by atoms with Gasteiger partial charge in [-0.05, 0) is 30.9 Å². The Bertz CT molecular complexity index is 539. The molecule has 4 nitrogen and oxygen atoms in total. The number of hydrogen-bond acceptors (Lipinski definition) is 3. The summed E-state index contributed by atoms with van der Waals surface area (Å²) < 4.78 is 10.6. The van der Waals surface area contributed by atoms with Crippen molar-refractivity contribution in [3.8, 4) is 11.5 Å². The molecule has 0 unspecified atom stereocenters. The minimum absolute atomic E-state index is 0.0522. The summed E-state index contributed by atoms with van der Waals surface area (Å²) >= 11 is 0. The quantitative estimate of drug-likeness (QED) is 0.848. The molecule has 1 N–H and O–H groups in total. The molecule has 0 spiro atoms. The van der Waals surface area contributed by atoms with Crippen LogP contribution in [0.2, 0.25) is 0 Å². The van der Waals surface area contributed by atoms with E-state index in [0.717, 1.165) is 12.0 Å². The van der Waals surface area contributed by atoms with Gasteiger partial charge in [-0.3, -0.25) is 4.79 Å². The molecular formula is C18H25NO3. The van der Waals surface area contributed by atoms with Crippen LogP contribution in [0.1, 0.15) is 38.2 Å². The van der Waals surface area contributed by atoms with Crippen molar-refractivity contribution in [3.63, 3.8) is 0 Å². The van der Waals surface area contributed by atoms with Crippen molar-refractivity contribution >= 4 is 12.0 Å². The van der Waals surface area contributed by atoms with Crippen molar-refractivity contribution < 1.29 is 14.3 Å². The van der Waals surface area contributed by atoms with Gasteiger partial charge in [0.1, 0.15) is 0 Å². The first-order chi connectivity index (χ1) is 10.7. The van der Waals surface area contributed by atoms with Gasteiger partial charge in [0, 0.05) is 17.7 Å². The van der Waals surface area contributed by atoms with E-state index >= 15 is 0 Å². The van der Waals surface area contributed by atoms with Crippen LogP contribution in [0.4, 0.5) is 0 Å². The molecule has 2 atom stereocenters. The summed E-state index contributed by atoms with van der Waals surface area (Å²) in [5.74, 6) is 1.80. The molecule has 1 fully saturated rings. The standard InChI is InChI=1S/C18H25NO3/c1-13-7-4-5-9-15(13)19-17(20)12-11-14-8-6-10-16(21-2)18(14)22-3/h6,8,10-13,15H,4-5,7,9H2,1-3H3,(H,19,20)/b12-11+/t13-,15-/m1/s1. The van der Waals surface area contributed by atoms with Crippen LogP contribution in [-0.2, 0) is 4.79 Å². The lowest BCUT2D eigenvalue weighted by molar-refractivity contribution is -0.117. The van der Waals surface area contributed by atoms with Gasteiger partial charge in [0.05, 0.1) is 14.2 Å². The van der Waals surface area contributed by atoms with E-state index in [-0.39, 0.29) is 11.9 Å². The van der Waals surface area contributed by atoms with Crippen molar-refractivity contribution in [1.29, 1.82) is 0 Å². The largest absolute Gasteiger partial charge is 0.493 e. The average molecular weight is 303 g/mol. The van der Waals surface area contributed by atoms with Crippen molar-refractivity contribution in [2.45, 2.75) is 38.6 Å². The van der Waals surface area contributed by atoms with Gasteiger partial charge >= 0.3 is 0 Å². The van der Waals surface area contributed by atoms with E-state index in [1.54, 1.807) is 26.4 Å². The van der Waals surface area contributed by atoms with Gasteiger partial charge in [-0.15, -0.1) is 0 Å². The van der Waals surface area contributed by atoms with Crippen LogP contribution in [-0.4, -0.2) is 26.2 Å². The van der Waals surface area contributed by atoms with Gasteiger partial charge in [-0.1, -0.05) is 31.9 Å². The number of methoxy groups -OCH3 is 2. The van der Waals surface area contributed by atoms with Crippen molar-refractivity contribution in [2.75, 3.05) is 14.2 Å². The van der Waals surface area contributed by atoms with Crippen molar-refractivity contribution in [1.82, 2.24) is 5.32 Å². The third-order valence-corrected chi connectivity index (χ3v) is 4.29. The second-order valence-electron chi connectivity index (χ2n) is 5.79. The summed E-state index contributed by atoms with van der Waals surface area (Å²) in [5, 5.41) is 3.11. The lowest BCUT2D eigenvalue weighted by atomic mass is 9.86. The highest BCUT2D eigenvalue weighted by Crippen LogP contribution is 2.31. The smallest absolute Gasteiger partial charge is 0.244 e. The highest BCUT2D eigenvalue weighted by atomic mass is 16.5. The van der Waals surface area contributed by atoms with Crippen LogP contribution in [0.15, 0.2) is 24.3 Å². The topological polar surface area (TPSA) is 47.6 Å². The van der Waals surface area contributed by atoms with Crippen LogP contribution in [0.3, 0.4) is 0 Å². The molecule has 2 rings (SSSR count). The highest BCUT2D eigenvalue weighted by molar-refractivity contribution is 5.92. The van der Waals surface area contributed by atoms with E-state index in [4.69, 9.17) is 9.47 Å². The number of hydrogen-bond donors (Lipinski definition) is 1. The molecule has 1 aromatic carbocycles. The molecule has 0 radical (unpaired) electrons. The molecular weight excluding hydrogens is 278 g/mol. The summed E-state index contributed by atoms with van der Waals surface area (Å²) in [6.45, 7) is 2.21. The van der Waals surface area contributed by atoms with Gasteiger partial charge in [-0.25, -0.2) is 0 Å². The number of amides is 1. The second kappa shape index (κ2) is 7.87. The van der Waals surface area contributed by atoms with E-state index in [0.29, 0.717) is 17.4 Å². The summed E-state index contributed by atoms with van der Waals surface area (Å²) in [6.07, 6.45) is 8.07. The summed E-state index contributed by atoms with van der Waals surface area (Å²) in [5.41, 5.74) is 0.827. The zero-order valence-electron chi connectivity index (χ0n) is 13.6. The zero-order chi connectivity index (χ0) is 15.9. The Hall–Kier alpha value is -1.97. The minimum atomic E-state index is -0.0522. The molecule has 1 aliphatic carbocycles. The molecule has 1 saturated carbocycles. The van der Waals surface area contributed by atoms with E-state index in [2.05, 4.69) is 12.2 Å². The first-order valence-corrected chi connectivity index (χ1v) is 7.85. The minimum Gasteiger partial charge on any atom is -0.493 e. The second-order valence-corrected chi connectivity index (χ2v) is 5.79. The predicted molar refractivity (Wildman–Crippen MR) is 88.1 cm³/mol. The lowest BCUT2D eigenvalue weighted by Crippen LogP contribution is -2.40. The third-order valence-electron chi connectivity index (χ3n) is 4.29. The van der Waals surface area contributed by atoms with E-state index in [1.807, 2.05) is 18.2 Å². The molecule has 0 saturated heterocycles. The molecule has 120 valence electrons. The molecule has 0 bridgehead atoms. The fourth-order valence-electron chi connectivity index (χ4n) is 2.97. The molecule has 1 aromatic rings. The summed E-state index contributed by atoms with van der Waals surface area (Å²) in [6, 6.07) is 5.90. The monoisotopic (exact) mass is 303 g/mol. The molecule has 22 heavy (non-hydrogen) atoms. The highest BCUT2D eigenvalue weighted by Gasteiger charge is 2.21. The maximum Gasteiger partial charge on any atom is 0.244 e. The number of para-hydroxylation sites is 1. The Labute approximate surface area is 132 Å². The maximum atomic E-state index is 12.1. The van der Waals surface area contributed by atoms with Crippen molar-refractivity contribution in [3.05, 3.63) is 29.8 Å². The fourth-order valence-corrected chi connectivity index (χ4v) is 2.97. The third kappa shape index (κ3) is 4.03. The van der Waals surface area contributed by atoms with Gasteiger partial charge in [0.15, 0.2) is 11.5 Å². The normalized spacial score (nSPS) is 21.6. The zero-order valence-corrected chi connectivity index (χ0v) is 13.6. The van der Waals surface area contributed by atoms with Crippen LogP contribution >= 0.6 is 0 Å². The van der Waals surface area contributed by atoms with Crippen molar-refractivity contribution in [2.24, 2.45) is 5.92 Å². The number of carbonyl (C=O) groups is 1. The van der Waals surface area contributed by atoms with E-state index < -0.39 is 0 Å². The molecule has 1 amide bonds. The van der Waals surface area contributed by atoms with Crippen LogP contribution in [0, 0.1) is 5.92 Å². The van der Waals surface area contributed by atoms with Crippen LogP contribution < -0.4 is 14.8 Å². The fraction of sp³-hybridized carbons (Fsp3) is 0.500. The Kier molecular flexibility index (Phi) is 5.87. The van der Waals surface area contributed by atoms with Gasteiger partial charge in [0.2, 0.25) is 5.91 Å². The lowest BCUT2D eigenvalue weighted by Gasteiger charge is -2.29. The molecule has 1 aliphatic rings.